The standard InChI is InChI=1S/C10H13FN2O6/c1-18-4-2-13(10(17)12-8(4)16)9-6(11)7(15)5(3-14)19-9/h2,5-7,9,14-15H,3H2,1H3,(H,12,16,17)/t5-,6+,7+,9-/m1/s1. The van der Waals surface area contributed by atoms with E-state index in [4.69, 9.17) is 14.6 Å². The molecule has 8 nitrogen and oxygen atoms in total. The highest BCUT2D eigenvalue weighted by Gasteiger charge is 2.45. The lowest BCUT2D eigenvalue weighted by molar-refractivity contribution is -0.0493. The van der Waals surface area contributed by atoms with Gasteiger partial charge in [-0.1, -0.05) is 0 Å². The van der Waals surface area contributed by atoms with Gasteiger partial charge in [-0.2, -0.15) is 0 Å². The van der Waals surface area contributed by atoms with E-state index in [1.54, 1.807) is 0 Å². The Morgan fingerprint density at radius 3 is 2.79 bits per heavy atom. The molecule has 1 aromatic rings. The highest BCUT2D eigenvalue weighted by molar-refractivity contribution is 5.12. The number of aliphatic hydroxyl groups is 2. The highest BCUT2D eigenvalue weighted by atomic mass is 19.1. The minimum Gasteiger partial charge on any atom is -0.490 e. The van der Waals surface area contributed by atoms with Gasteiger partial charge in [0.05, 0.1) is 19.9 Å². The number of nitrogens with one attached hydrogen (secondary N) is 1. The van der Waals surface area contributed by atoms with Gasteiger partial charge < -0.3 is 19.7 Å². The van der Waals surface area contributed by atoms with Crippen LogP contribution in [0.3, 0.4) is 0 Å². The van der Waals surface area contributed by atoms with E-state index in [0.717, 1.165) is 10.8 Å². The van der Waals surface area contributed by atoms with Gasteiger partial charge in [-0.15, -0.1) is 0 Å². The van der Waals surface area contributed by atoms with Crippen molar-refractivity contribution in [2.45, 2.75) is 24.6 Å². The number of aliphatic hydroxyl groups excluding tert-OH is 2. The average molecular weight is 276 g/mol. The minimum absolute atomic E-state index is 0.197. The molecule has 1 fully saturated rings. The topological polar surface area (TPSA) is 114 Å². The van der Waals surface area contributed by atoms with E-state index in [-0.39, 0.29) is 5.75 Å². The van der Waals surface area contributed by atoms with Crippen LogP contribution in [-0.2, 0) is 4.74 Å². The Morgan fingerprint density at radius 2 is 2.26 bits per heavy atom. The lowest BCUT2D eigenvalue weighted by Gasteiger charge is -2.16. The summed E-state index contributed by atoms with van der Waals surface area (Å²) in [4.78, 5) is 24.8. The Labute approximate surface area is 106 Å². The third-order valence-corrected chi connectivity index (χ3v) is 2.90. The van der Waals surface area contributed by atoms with Crippen molar-refractivity contribution in [1.29, 1.82) is 0 Å². The lowest BCUT2D eigenvalue weighted by Crippen LogP contribution is -2.36. The number of hydrogen-bond acceptors (Lipinski definition) is 6. The van der Waals surface area contributed by atoms with E-state index in [1.165, 1.54) is 7.11 Å². The molecule has 3 N–H and O–H groups in total. The van der Waals surface area contributed by atoms with Crippen molar-refractivity contribution in [2.24, 2.45) is 0 Å². The molecule has 106 valence electrons. The molecule has 19 heavy (non-hydrogen) atoms. The van der Waals surface area contributed by atoms with Crippen molar-refractivity contribution in [3.05, 3.63) is 27.0 Å². The van der Waals surface area contributed by atoms with Gasteiger partial charge in [0.1, 0.15) is 12.2 Å². The summed E-state index contributed by atoms with van der Waals surface area (Å²) >= 11 is 0. The van der Waals surface area contributed by atoms with Crippen LogP contribution in [0.4, 0.5) is 4.39 Å². The summed E-state index contributed by atoms with van der Waals surface area (Å²) < 4.78 is 24.4. The molecule has 2 heterocycles. The third kappa shape index (κ3) is 2.27. The van der Waals surface area contributed by atoms with Crippen LogP contribution in [0, 0.1) is 0 Å². The van der Waals surface area contributed by atoms with E-state index >= 15 is 0 Å². The van der Waals surface area contributed by atoms with Crippen LogP contribution >= 0.6 is 0 Å². The number of halogens is 1. The van der Waals surface area contributed by atoms with E-state index < -0.39 is 42.5 Å². The SMILES string of the molecule is COc1cn([C@@H]2O[C@H](CO)[C@H](O)[C@@H]2F)c(=O)[nH]c1=O. The molecule has 1 saturated heterocycles. The average Bonchev–Trinajstić information content (AvgIpc) is 2.67. The smallest absolute Gasteiger partial charge is 0.330 e. The monoisotopic (exact) mass is 276 g/mol. The largest absolute Gasteiger partial charge is 0.490 e. The fourth-order valence-corrected chi connectivity index (χ4v) is 1.88. The fourth-order valence-electron chi connectivity index (χ4n) is 1.88. The minimum atomic E-state index is -1.91. The van der Waals surface area contributed by atoms with Crippen LogP contribution < -0.4 is 16.0 Å². The number of hydrogen-bond donors (Lipinski definition) is 3. The predicted molar refractivity (Wildman–Crippen MR) is 59.8 cm³/mol. The number of ether oxygens (including phenoxy) is 2. The first-order valence-corrected chi connectivity index (χ1v) is 5.47. The van der Waals surface area contributed by atoms with Crippen molar-refractivity contribution >= 4 is 0 Å². The van der Waals surface area contributed by atoms with Gasteiger partial charge >= 0.3 is 5.69 Å². The maximum Gasteiger partial charge on any atom is 0.330 e. The molecular formula is C10H13FN2O6. The first-order valence-electron chi connectivity index (χ1n) is 5.47. The van der Waals surface area contributed by atoms with E-state index in [9.17, 15) is 19.1 Å². The van der Waals surface area contributed by atoms with Crippen LogP contribution in [0.15, 0.2) is 15.8 Å². The first-order chi connectivity index (χ1) is 8.99. The first kappa shape index (κ1) is 13.7. The van der Waals surface area contributed by atoms with Crippen LogP contribution in [-0.4, -0.2) is 51.9 Å². The molecule has 0 aromatic carbocycles. The molecule has 1 aliphatic rings. The van der Waals surface area contributed by atoms with Crippen LogP contribution in [0.25, 0.3) is 0 Å². The molecule has 0 radical (unpaired) electrons. The summed E-state index contributed by atoms with van der Waals surface area (Å²) in [5.41, 5.74) is -1.65. The molecule has 0 spiro atoms. The Balaban J connectivity index is 2.43. The summed E-state index contributed by atoms with van der Waals surface area (Å²) in [6.45, 7) is -0.590. The summed E-state index contributed by atoms with van der Waals surface area (Å²) in [5.74, 6) is -0.197. The lowest BCUT2D eigenvalue weighted by atomic mass is 10.1. The predicted octanol–water partition coefficient (Wildman–Crippen LogP) is -1.87. The summed E-state index contributed by atoms with van der Waals surface area (Å²) in [6, 6.07) is 0. The van der Waals surface area contributed by atoms with Gasteiger partial charge in [0.15, 0.2) is 12.4 Å². The Bertz CT molecular complexity index is 570. The Morgan fingerprint density at radius 1 is 1.58 bits per heavy atom. The maximum atomic E-state index is 13.8. The molecule has 4 atom stereocenters. The normalized spacial score (nSPS) is 30.5. The zero-order valence-electron chi connectivity index (χ0n) is 9.95. The van der Waals surface area contributed by atoms with Crippen molar-refractivity contribution in [3.8, 4) is 5.75 Å². The van der Waals surface area contributed by atoms with E-state index in [2.05, 4.69) is 0 Å². The van der Waals surface area contributed by atoms with Gasteiger partial charge in [0.25, 0.3) is 5.56 Å². The molecule has 9 heteroatoms. The third-order valence-electron chi connectivity index (χ3n) is 2.90. The number of rotatable bonds is 3. The number of aromatic amines is 1. The molecule has 0 saturated carbocycles. The molecule has 0 unspecified atom stereocenters. The van der Waals surface area contributed by atoms with Crippen LogP contribution in [0.1, 0.15) is 6.23 Å². The second-order valence-corrected chi connectivity index (χ2v) is 4.05. The van der Waals surface area contributed by atoms with Gasteiger partial charge in [0.2, 0.25) is 5.75 Å². The van der Waals surface area contributed by atoms with Crippen molar-refractivity contribution in [1.82, 2.24) is 9.55 Å². The molecule has 0 aliphatic carbocycles. The zero-order chi connectivity index (χ0) is 14.2. The number of alkyl halides is 1. The Kier molecular flexibility index (Phi) is 3.69. The second-order valence-electron chi connectivity index (χ2n) is 4.05. The summed E-state index contributed by atoms with van der Waals surface area (Å²) in [7, 11) is 1.22. The maximum absolute atomic E-state index is 13.8. The van der Waals surface area contributed by atoms with Crippen LogP contribution in [0.5, 0.6) is 5.75 Å². The summed E-state index contributed by atoms with van der Waals surface area (Å²) in [6.07, 6.45) is -5.05. The molecule has 1 aromatic heterocycles. The van der Waals surface area contributed by atoms with Crippen molar-refractivity contribution in [2.75, 3.05) is 13.7 Å². The van der Waals surface area contributed by atoms with E-state index in [1.807, 2.05) is 4.98 Å². The summed E-state index contributed by atoms with van der Waals surface area (Å²) in [5, 5.41) is 18.4. The highest BCUT2D eigenvalue weighted by Crippen LogP contribution is 2.30. The second kappa shape index (κ2) is 5.11. The molecular weight excluding hydrogens is 263 g/mol. The number of aromatic nitrogens is 2. The Hall–Kier alpha value is -1.71. The molecule has 0 amide bonds. The fraction of sp³-hybridized carbons (Fsp3) is 0.600. The van der Waals surface area contributed by atoms with Gasteiger partial charge in [-0.3, -0.25) is 14.3 Å². The quantitative estimate of drug-likeness (QED) is 0.596. The molecule has 1 aliphatic heterocycles. The number of methoxy groups -OCH3 is 1. The zero-order valence-corrected chi connectivity index (χ0v) is 9.95. The van der Waals surface area contributed by atoms with E-state index in [0.29, 0.717) is 0 Å². The van der Waals surface area contributed by atoms with Gasteiger partial charge in [-0.05, 0) is 0 Å². The van der Waals surface area contributed by atoms with Crippen LogP contribution in [0.2, 0.25) is 0 Å². The number of H-pyrrole nitrogens is 1. The number of nitrogens with zero attached hydrogens (tertiary/aromatic N) is 1. The van der Waals surface area contributed by atoms with Gasteiger partial charge in [-0.25, -0.2) is 9.18 Å². The molecule has 0 bridgehead atoms. The van der Waals surface area contributed by atoms with Gasteiger partial charge in [0, 0.05) is 0 Å². The van der Waals surface area contributed by atoms with Crippen molar-refractivity contribution < 1.29 is 24.1 Å². The van der Waals surface area contributed by atoms with Crippen molar-refractivity contribution in [3.63, 3.8) is 0 Å². The molecule has 2 rings (SSSR count).